The van der Waals surface area contributed by atoms with Gasteiger partial charge in [-0.3, -0.25) is 20.4 Å². The average Bonchev–Trinajstić information content (AvgIpc) is 3.23. The van der Waals surface area contributed by atoms with E-state index >= 15 is 0 Å². The number of aromatic nitrogens is 2. The van der Waals surface area contributed by atoms with Gasteiger partial charge in [0, 0.05) is 31.1 Å². The largest absolute Gasteiger partial charge is 0.340 e. The summed E-state index contributed by atoms with van der Waals surface area (Å²) >= 11 is 0. The standard InChI is InChI=1S/C22H25N5O2/c1-27(22(29)20-17-11-5-6-12-18(17)21(28)26-25-20)13-7-10-16-14-19(24-23-16)15-8-3-2-4-9-15/h2-6,8-9,11-12,16,19,23-24H,7,10,13-14H2,1H3,(H,26,28). The van der Waals surface area contributed by atoms with Crippen molar-refractivity contribution in [3.05, 3.63) is 76.2 Å². The highest BCUT2D eigenvalue weighted by molar-refractivity contribution is 6.04. The van der Waals surface area contributed by atoms with Gasteiger partial charge in [-0.05, 0) is 30.9 Å². The fourth-order valence-corrected chi connectivity index (χ4v) is 3.85. The Balaban J connectivity index is 1.33. The number of hydrazine groups is 1. The number of nitrogens with zero attached hydrogens (tertiary/aromatic N) is 2. The van der Waals surface area contributed by atoms with Crippen LogP contribution in [0.15, 0.2) is 59.4 Å². The number of carbonyl (C=O) groups excluding carboxylic acids is 1. The van der Waals surface area contributed by atoms with Crippen LogP contribution < -0.4 is 16.4 Å². The number of nitrogens with one attached hydrogen (secondary N) is 3. The molecule has 2 heterocycles. The van der Waals surface area contributed by atoms with Crippen LogP contribution in [0, 0.1) is 0 Å². The van der Waals surface area contributed by atoms with Crippen molar-refractivity contribution in [2.75, 3.05) is 13.6 Å². The summed E-state index contributed by atoms with van der Waals surface area (Å²) in [7, 11) is 1.77. The summed E-state index contributed by atoms with van der Waals surface area (Å²) in [4.78, 5) is 26.4. The molecule has 1 amide bonds. The van der Waals surface area contributed by atoms with E-state index in [4.69, 9.17) is 0 Å². The third-order valence-corrected chi connectivity index (χ3v) is 5.48. The number of hydrogen-bond acceptors (Lipinski definition) is 5. The van der Waals surface area contributed by atoms with E-state index in [1.54, 1.807) is 30.1 Å². The zero-order valence-electron chi connectivity index (χ0n) is 16.4. The van der Waals surface area contributed by atoms with Gasteiger partial charge < -0.3 is 4.90 Å². The summed E-state index contributed by atoms with van der Waals surface area (Å²) in [5.74, 6) is -0.183. The van der Waals surface area contributed by atoms with Crippen LogP contribution in [0.3, 0.4) is 0 Å². The van der Waals surface area contributed by atoms with E-state index in [0.717, 1.165) is 19.3 Å². The quantitative estimate of drug-likeness (QED) is 0.600. The molecule has 4 rings (SSSR count). The van der Waals surface area contributed by atoms with Crippen molar-refractivity contribution in [3.8, 4) is 0 Å². The lowest BCUT2D eigenvalue weighted by molar-refractivity contribution is 0.0787. The topological polar surface area (TPSA) is 90.1 Å². The zero-order valence-corrected chi connectivity index (χ0v) is 16.4. The van der Waals surface area contributed by atoms with Crippen molar-refractivity contribution in [3.63, 3.8) is 0 Å². The predicted molar refractivity (Wildman–Crippen MR) is 112 cm³/mol. The molecule has 1 aromatic heterocycles. The maximum atomic E-state index is 12.8. The van der Waals surface area contributed by atoms with Crippen LogP contribution >= 0.6 is 0 Å². The Hall–Kier alpha value is -3.03. The van der Waals surface area contributed by atoms with E-state index in [0.29, 0.717) is 29.4 Å². The lowest BCUT2D eigenvalue weighted by Crippen LogP contribution is -2.33. The number of aromatic amines is 1. The highest BCUT2D eigenvalue weighted by Gasteiger charge is 2.25. The maximum absolute atomic E-state index is 12.8. The Morgan fingerprint density at radius 2 is 1.79 bits per heavy atom. The van der Waals surface area contributed by atoms with Crippen LogP contribution in [0.5, 0.6) is 0 Å². The highest BCUT2D eigenvalue weighted by atomic mass is 16.2. The van der Waals surface area contributed by atoms with Crippen molar-refractivity contribution < 1.29 is 4.79 Å². The average molecular weight is 391 g/mol. The van der Waals surface area contributed by atoms with Crippen molar-refractivity contribution in [1.29, 1.82) is 0 Å². The fraction of sp³-hybridized carbons (Fsp3) is 0.318. The van der Waals surface area contributed by atoms with Crippen LogP contribution in [-0.4, -0.2) is 40.6 Å². The number of H-pyrrole nitrogens is 1. The van der Waals surface area contributed by atoms with E-state index < -0.39 is 0 Å². The molecule has 1 saturated heterocycles. The van der Waals surface area contributed by atoms with Gasteiger partial charge >= 0.3 is 0 Å². The molecule has 1 fully saturated rings. The zero-order chi connectivity index (χ0) is 20.2. The highest BCUT2D eigenvalue weighted by Crippen LogP contribution is 2.24. The third kappa shape index (κ3) is 4.21. The monoisotopic (exact) mass is 391 g/mol. The lowest BCUT2D eigenvalue weighted by atomic mass is 10.00. The molecule has 2 atom stereocenters. The Morgan fingerprint density at radius 1 is 1.07 bits per heavy atom. The minimum absolute atomic E-state index is 0.183. The van der Waals surface area contributed by atoms with Crippen molar-refractivity contribution >= 4 is 16.7 Å². The first kappa shape index (κ1) is 19.3. The molecule has 7 heteroatoms. The Labute approximate surface area is 169 Å². The second-order valence-corrected chi connectivity index (χ2v) is 7.50. The van der Waals surface area contributed by atoms with Crippen LogP contribution in [-0.2, 0) is 0 Å². The van der Waals surface area contributed by atoms with Crippen molar-refractivity contribution in [2.24, 2.45) is 0 Å². The predicted octanol–water partition coefficient (Wildman–Crippen LogP) is 2.38. The van der Waals surface area contributed by atoms with Gasteiger partial charge in [-0.2, -0.15) is 5.10 Å². The molecule has 3 N–H and O–H groups in total. The van der Waals surface area contributed by atoms with Gasteiger partial charge in [0.25, 0.3) is 11.5 Å². The van der Waals surface area contributed by atoms with E-state index in [1.165, 1.54) is 5.56 Å². The summed E-state index contributed by atoms with van der Waals surface area (Å²) in [6.45, 7) is 0.627. The number of rotatable bonds is 6. The molecule has 2 aromatic carbocycles. The number of amides is 1. The number of carbonyl (C=O) groups is 1. The molecule has 0 saturated carbocycles. The molecule has 3 aromatic rings. The summed E-state index contributed by atoms with van der Waals surface area (Å²) < 4.78 is 0. The minimum atomic E-state index is -0.285. The van der Waals surface area contributed by atoms with Crippen LogP contribution in [0.2, 0.25) is 0 Å². The SMILES string of the molecule is CN(CCCC1CC(c2ccccc2)NN1)C(=O)c1n[nH]c(=O)c2ccccc12. The molecule has 1 aliphatic heterocycles. The molecule has 150 valence electrons. The van der Waals surface area contributed by atoms with Gasteiger partial charge in [-0.25, -0.2) is 5.10 Å². The van der Waals surface area contributed by atoms with Gasteiger partial charge in [-0.15, -0.1) is 0 Å². The normalized spacial score (nSPS) is 18.8. The third-order valence-electron chi connectivity index (χ3n) is 5.48. The summed E-state index contributed by atoms with van der Waals surface area (Å²) in [6, 6.07) is 18.1. The van der Waals surface area contributed by atoms with Crippen molar-refractivity contribution in [1.82, 2.24) is 25.9 Å². The van der Waals surface area contributed by atoms with Gasteiger partial charge in [0.05, 0.1) is 5.39 Å². The van der Waals surface area contributed by atoms with E-state index in [1.807, 2.05) is 12.1 Å². The number of fused-ring (bicyclic) bond motifs is 1. The molecule has 2 unspecified atom stereocenters. The molecule has 0 aliphatic carbocycles. The molecule has 1 aliphatic rings. The first-order chi connectivity index (χ1) is 14.1. The summed E-state index contributed by atoms with van der Waals surface area (Å²) in [5, 5.41) is 7.50. The number of hydrogen-bond donors (Lipinski definition) is 3. The minimum Gasteiger partial charge on any atom is -0.340 e. The Kier molecular flexibility index (Phi) is 5.69. The first-order valence-corrected chi connectivity index (χ1v) is 9.92. The van der Waals surface area contributed by atoms with Crippen molar-refractivity contribution in [2.45, 2.75) is 31.3 Å². The first-order valence-electron chi connectivity index (χ1n) is 9.92. The second-order valence-electron chi connectivity index (χ2n) is 7.50. The molecule has 0 spiro atoms. The fourth-order valence-electron chi connectivity index (χ4n) is 3.85. The number of benzene rings is 2. The smallest absolute Gasteiger partial charge is 0.274 e. The molecule has 0 radical (unpaired) electrons. The molecular weight excluding hydrogens is 366 g/mol. The van der Waals surface area contributed by atoms with Gasteiger partial charge in [0.2, 0.25) is 0 Å². The van der Waals surface area contributed by atoms with Gasteiger partial charge in [0.1, 0.15) is 0 Å². The van der Waals surface area contributed by atoms with E-state index in [-0.39, 0.29) is 17.2 Å². The second kappa shape index (κ2) is 8.55. The molecular formula is C22H25N5O2. The van der Waals surface area contributed by atoms with E-state index in [2.05, 4.69) is 45.3 Å². The molecule has 7 nitrogen and oxygen atoms in total. The molecule has 0 bridgehead atoms. The Bertz CT molecular complexity index is 1050. The van der Waals surface area contributed by atoms with Crippen LogP contribution in [0.25, 0.3) is 10.8 Å². The van der Waals surface area contributed by atoms with E-state index in [9.17, 15) is 9.59 Å². The lowest BCUT2D eigenvalue weighted by Gasteiger charge is -2.18. The summed E-state index contributed by atoms with van der Waals surface area (Å²) in [5.41, 5.74) is 8.01. The van der Waals surface area contributed by atoms with Crippen LogP contribution in [0.1, 0.15) is 41.4 Å². The van der Waals surface area contributed by atoms with Gasteiger partial charge in [-0.1, -0.05) is 48.5 Å². The Morgan fingerprint density at radius 3 is 2.59 bits per heavy atom. The summed E-state index contributed by atoms with van der Waals surface area (Å²) in [6.07, 6.45) is 2.87. The van der Waals surface area contributed by atoms with Crippen LogP contribution in [0.4, 0.5) is 0 Å². The maximum Gasteiger partial charge on any atom is 0.274 e. The molecule has 29 heavy (non-hydrogen) atoms. The van der Waals surface area contributed by atoms with Gasteiger partial charge in [0.15, 0.2) is 5.69 Å².